The fraction of sp³-hybridized carbons (Fsp3) is 0.471. The van der Waals surface area contributed by atoms with E-state index in [-0.39, 0.29) is 0 Å². The van der Waals surface area contributed by atoms with Crippen molar-refractivity contribution in [2.75, 3.05) is 27.8 Å². The van der Waals surface area contributed by atoms with Gasteiger partial charge in [-0.2, -0.15) is 0 Å². The quantitative estimate of drug-likeness (QED) is 0.839. The third-order valence-electron chi connectivity index (χ3n) is 4.01. The average Bonchev–Trinajstić information content (AvgIpc) is 2.88. The summed E-state index contributed by atoms with van der Waals surface area (Å²) < 4.78 is 10.0. The topological polar surface area (TPSA) is 38.8 Å². The lowest BCUT2D eigenvalue weighted by atomic mass is 9.92. The maximum Gasteiger partial charge on any atom is 0.160 e. The Bertz CT molecular complexity index is 502. The number of rotatable bonds is 2. The summed E-state index contributed by atoms with van der Waals surface area (Å²) in [5.74, 6) is 2.54. The van der Waals surface area contributed by atoms with Gasteiger partial charge in [0.2, 0.25) is 0 Å². The molecule has 21 heavy (non-hydrogen) atoms. The Morgan fingerprint density at radius 3 is 2.29 bits per heavy atom. The molecule has 1 fully saturated rings. The number of nitrogens with zero attached hydrogens (tertiary/aromatic N) is 1. The lowest BCUT2D eigenvalue weighted by Crippen LogP contribution is -2.17. The van der Waals surface area contributed by atoms with Crippen LogP contribution in [0.2, 0.25) is 0 Å². The van der Waals surface area contributed by atoms with E-state index in [1.54, 1.807) is 14.2 Å². The Morgan fingerprint density at radius 1 is 1.10 bits per heavy atom. The SMILES string of the molecule is CN1CCC2CCC(=O)C=C21.COc1ccccc1OC. The smallest absolute Gasteiger partial charge is 0.160 e. The molecule has 2 aliphatic rings. The van der Waals surface area contributed by atoms with Crippen LogP contribution in [0, 0.1) is 5.92 Å². The second-order valence-corrected chi connectivity index (χ2v) is 5.34. The lowest BCUT2D eigenvalue weighted by Gasteiger charge is -2.20. The molecular weight excluding hydrogens is 266 g/mol. The number of methoxy groups -OCH3 is 2. The molecule has 0 saturated carbocycles. The Kier molecular flexibility index (Phi) is 5.26. The zero-order valence-corrected chi connectivity index (χ0v) is 13.0. The van der Waals surface area contributed by atoms with Crippen LogP contribution >= 0.6 is 0 Å². The number of para-hydroxylation sites is 2. The molecule has 4 nitrogen and oxygen atoms in total. The number of ketones is 1. The molecule has 0 aromatic heterocycles. The highest BCUT2D eigenvalue weighted by Gasteiger charge is 2.28. The Labute approximate surface area is 126 Å². The van der Waals surface area contributed by atoms with Gasteiger partial charge >= 0.3 is 0 Å². The van der Waals surface area contributed by atoms with Crippen molar-refractivity contribution in [2.45, 2.75) is 19.3 Å². The Hall–Kier alpha value is -1.97. The Balaban J connectivity index is 0.000000155. The molecule has 0 bridgehead atoms. The van der Waals surface area contributed by atoms with Gasteiger partial charge in [0.25, 0.3) is 0 Å². The molecule has 1 aliphatic heterocycles. The molecule has 1 aromatic rings. The minimum absolute atomic E-state index is 0.310. The van der Waals surface area contributed by atoms with Crippen molar-refractivity contribution in [1.82, 2.24) is 4.90 Å². The van der Waals surface area contributed by atoms with Gasteiger partial charge in [-0.25, -0.2) is 0 Å². The van der Waals surface area contributed by atoms with Gasteiger partial charge in [-0.05, 0) is 25.0 Å². The van der Waals surface area contributed by atoms with Crippen LogP contribution in [0.15, 0.2) is 36.0 Å². The van der Waals surface area contributed by atoms with Crippen molar-refractivity contribution in [3.63, 3.8) is 0 Å². The molecule has 4 heteroatoms. The van der Waals surface area contributed by atoms with E-state index in [9.17, 15) is 4.79 Å². The predicted octanol–water partition coefficient (Wildman–Crippen LogP) is 2.89. The normalized spacial score (nSPS) is 20.1. The molecule has 114 valence electrons. The summed E-state index contributed by atoms with van der Waals surface area (Å²) in [6.45, 7) is 1.13. The third-order valence-corrected chi connectivity index (χ3v) is 4.01. The second-order valence-electron chi connectivity index (χ2n) is 5.34. The zero-order valence-electron chi connectivity index (χ0n) is 13.0. The Morgan fingerprint density at radius 2 is 1.71 bits per heavy atom. The van der Waals surface area contributed by atoms with Gasteiger partial charge in [0.05, 0.1) is 14.2 Å². The summed E-state index contributed by atoms with van der Waals surface area (Å²) in [7, 11) is 5.32. The maximum atomic E-state index is 11.0. The van der Waals surface area contributed by atoms with E-state index in [2.05, 4.69) is 11.9 Å². The summed E-state index contributed by atoms with van der Waals surface area (Å²) >= 11 is 0. The van der Waals surface area contributed by atoms with Crippen LogP contribution in [0.1, 0.15) is 19.3 Å². The lowest BCUT2D eigenvalue weighted by molar-refractivity contribution is -0.115. The first-order valence-electron chi connectivity index (χ1n) is 7.28. The van der Waals surface area contributed by atoms with Crippen LogP contribution in [0.4, 0.5) is 0 Å². The van der Waals surface area contributed by atoms with Gasteiger partial charge in [0.15, 0.2) is 17.3 Å². The maximum absolute atomic E-state index is 11.0. The number of carbonyl (C=O) groups is 1. The van der Waals surface area contributed by atoms with Crippen molar-refractivity contribution >= 4 is 5.78 Å². The van der Waals surface area contributed by atoms with Gasteiger partial charge in [0, 0.05) is 37.7 Å². The largest absolute Gasteiger partial charge is 0.493 e. The number of carbonyl (C=O) groups excluding carboxylic acids is 1. The summed E-state index contributed by atoms with van der Waals surface area (Å²) in [5, 5.41) is 0. The monoisotopic (exact) mass is 289 g/mol. The highest BCUT2D eigenvalue weighted by atomic mass is 16.5. The van der Waals surface area contributed by atoms with Crippen LogP contribution < -0.4 is 9.47 Å². The van der Waals surface area contributed by atoms with E-state index in [4.69, 9.17) is 9.47 Å². The van der Waals surface area contributed by atoms with E-state index in [0.29, 0.717) is 11.7 Å². The minimum atomic E-state index is 0.310. The minimum Gasteiger partial charge on any atom is -0.493 e. The van der Waals surface area contributed by atoms with Gasteiger partial charge < -0.3 is 14.4 Å². The molecule has 1 atom stereocenters. The molecule has 0 radical (unpaired) electrons. The fourth-order valence-corrected chi connectivity index (χ4v) is 2.80. The van der Waals surface area contributed by atoms with Crippen LogP contribution in [0.3, 0.4) is 0 Å². The van der Waals surface area contributed by atoms with Crippen LogP contribution in [0.25, 0.3) is 0 Å². The molecular formula is C17H23NO3. The van der Waals surface area contributed by atoms with Crippen LogP contribution in [-0.2, 0) is 4.79 Å². The number of likely N-dealkylation sites (tertiary alicyclic amines) is 1. The molecule has 1 aromatic carbocycles. The van der Waals surface area contributed by atoms with Gasteiger partial charge in [-0.1, -0.05) is 12.1 Å². The first-order chi connectivity index (χ1) is 10.2. The number of benzene rings is 1. The fourth-order valence-electron chi connectivity index (χ4n) is 2.80. The summed E-state index contributed by atoms with van der Waals surface area (Å²) in [5.41, 5.74) is 1.28. The van der Waals surface area contributed by atoms with Crippen molar-refractivity contribution in [2.24, 2.45) is 5.92 Å². The van der Waals surface area contributed by atoms with E-state index in [1.165, 1.54) is 12.1 Å². The first kappa shape index (κ1) is 15.4. The molecule has 3 rings (SSSR count). The first-order valence-corrected chi connectivity index (χ1v) is 7.28. The molecule has 0 N–H and O–H groups in total. The number of allylic oxidation sites excluding steroid dienone is 2. The third kappa shape index (κ3) is 3.78. The number of ether oxygens (including phenoxy) is 2. The highest BCUT2D eigenvalue weighted by molar-refractivity contribution is 5.91. The molecule has 1 aliphatic carbocycles. The van der Waals surface area contributed by atoms with E-state index >= 15 is 0 Å². The molecule has 1 heterocycles. The standard InChI is InChI=1S/C9H13NO.C8H10O2/c1-10-5-4-7-2-3-8(11)6-9(7)10;1-9-7-5-3-4-6-8(7)10-2/h6-7H,2-5H2,1H3;3-6H,1-2H3. The van der Waals surface area contributed by atoms with Crippen molar-refractivity contribution in [1.29, 1.82) is 0 Å². The summed E-state index contributed by atoms with van der Waals surface area (Å²) in [6.07, 6.45) is 4.92. The van der Waals surface area contributed by atoms with E-state index in [1.807, 2.05) is 30.3 Å². The number of fused-ring (bicyclic) bond motifs is 1. The van der Waals surface area contributed by atoms with Gasteiger partial charge in [-0.15, -0.1) is 0 Å². The summed E-state index contributed by atoms with van der Waals surface area (Å²) in [4.78, 5) is 13.3. The van der Waals surface area contributed by atoms with Crippen molar-refractivity contribution in [3.05, 3.63) is 36.0 Å². The zero-order chi connectivity index (χ0) is 15.2. The predicted molar refractivity (Wildman–Crippen MR) is 82.6 cm³/mol. The highest BCUT2D eigenvalue weighted by Crippen LogP contribution is 2.33. The molecule has 0 spiro atoms. The second kappa shape index (κ2) is 7.16. The van der Waals surface area contributed by atoms with Crippen molar-refractivity contribution < 1.29 is 14.3 Å². The average molecular weight is 289 g/mol. The van der Waals surface area contributed by atoms with Crippen LogP contribution in [0.5, 0.6) is 11.5 Å². The van der Waals surface area contributed by atoms with Crippen LogP contribution in [-0.4, -0.2) is 38.5 Å². The van der Waals surface area contributed by atoms with E-state index < -0.39 is 0 Å². The van der Waals surface area contributed by atoms with Gasteiger partial charge in [-0.3, -0.25) is 4.79 Å². The summed E-state index contributed by atoms with van der Waals surface area (Å²) in [6, 6.07) is 7.53. The molecule has 0 amide bonds. The van der Waals surface area contributed by atoms with E-state index in [0.717, 1.165) is 30.9 Å². The number of hydrogen-bond acceptors (Lipinski definition) is 4. The molecule has 1 saturated heterocycles. The molecule has 1 unspecified atom stereocenters. The number of hydrogen-bond donors (Lipinski definition) is 0. The van der Waals surface area contributed by atoms with Gasteiger partial charge in [0.1, 0.15) is 0 Å². The van der Waals surface area contributed by atoms with Crippen molar-refractivity contribution in [3.8, 4) is 11.5 Å².